The molecule has 0 saturated carbocycles. The third-order valence-corrected chi connectivity index (χ3v) is 5.47. The average molecular weight is 392 g/mol. The lowest BCUT2D eigenvalue weighted by Crippen LogP contribution is -2.10. The van der Waals surface area contributed by atoms with E-state index in [1.807, 2.05) is 6.92 Å². The lowest BCUT2D eigenvalue weighted by Gasteiger charge is -2.19. The van der Waals surface area contributed by atoms with E-state index in [1.165, 1.54) is 6.07 Å². The van der Waals surface area contributed by atoms with Gasteiger partial charge in [-0.1, -0.05) is 18.2 Å². The van der Waals surface area contributed by atoms with E-state index in [4.69, 9.17) is 14.6 Å². The monoisotopic (exact) mass is 392 g/mol. The average Bonchev–Trinajstić information content (AvgIpc) is 3.21. The number of hydrogen-bond acceptors (Lipinski definition) is 3. The van der Waals surface area contributed by atoms with Crippen molar-refractivity contribution < 1.29 is 32.5 Å². The third kappa shape index (κ3) is 3.19. The fourth-order valence-electron chi connectivity index (χ4n) is 4.15. The van der Waals surface area contributed by atoms with Crippen molar-refractivity contribution in [3.05, 3.63) is 58.1 Å². The Labute approximate surface area is 159 Å². The second-order valence-electron chi connectivity index (χ2n) is 7.23. The van der Waals surface area contributed by atoms with Crippen LogP contribution >= 0.6 is 0 Å². The van der Waals surface area contributed by atoms with Gasteiger partial charge in [-0.2, -0.15) is 13.2 Å². The minimum absolute atomic E-state index is 0.0110. The summed E-state index contributed by atoms with van der Waals surface area (Å²) in [5, 5.41) is 9.03. The molecule has 0 radical (unpaired) electrons. The zero-order valence-corrected chi connectivity index (χ0v) is 15.2. The molecule has 2 unspecified atom stereocenters. The number of benzene rings is 2. The molecule has 2 aliphatic rings. The first-order valence-electron chi connectivity index (χ1n) is 9.09. The Bertz CT molecular complexity index is 936. The van der Waals surface area contributed by atoms with E-state index in [1.54, 1.807) is 18.2 Å². The van der Waals surface area contributed by atoms with Crippen molar-refractivity contribution in [2.24, 2.45) is 0 Å². The van der Waals surface area contributed by atoms with Crippen LogP contribution in [-0.4, -0.2) is 17.7 Å². The second kappa shape index (κ2) is 6.72. The first-order valence-corrected chi connectivity index (χ1v) is 9.09. The van der Waals surface area contributed by atoms with Gasteiger partial charge in [0, 0.05) is 17.0 Å². The molecule has 1 aliphatic carbocycles. The topological polar surface area (TPSA) is 55.8 Å². The molecule has 0 bridgehead atoms. The second-order valence-corrected chi connectivity index (χ2v) is 7.23. The number of rotatable bonds is 4. The van der Waals surface area contributed by atoms with Crippen LogP contribution in [0.15, 0.2) is 30.3 Å². The number of carbonyl (C=O) groups is 1. The van der Waals surface area contributed by atoms with Crippen molar-refractivity contribution in [1.29, 1.82) is 0 Å². The number of aliphatic carboxylic acids is 1. The minimum Gasteiger partial charge on any atom is -0.492 e. The molecule has 148 valence electrons. The van der Waals surface area contributed by atoms with E-state index in [9.17, 15) is 18.0 Å². The zero-order valence-electron chi connectivity index (χ0n) is 15.2. The van der Waals surface area contributed by atoms with E-state index in [0.29, 0.717) is 42.1 Å². The van der Waals surface area contributed by atoms with Crippen molar-refractivity contribution in [3.8, 4) is 11.5 Å². The van der Waals surface area contributed by atoms with Crippen LogP contribution in [-0.2, 0) is 17.4 Å². The standard InChI is InChI=1S/C21H19F3O4/c1-11-17(7-5-13-12(9-19(25)26)10-27-20(11)13)28-18-8-6-14-15(18)3-2-4-16(14)21(22,23)24/h2-5,7,12,18H,6,8-10H2,1H3,(H,25,26). The molecule has 0 aromatic heterocycles. The summed E-state index contributed by atoms with van der Waals surface area (Å²) in [6.45, 7) is 2.12. The van der Waals surface area contributed by atoms with Crippen LogP contribution in [0.4, 0.5) is 13.2 Å². The number of halogens is 3. The normalized spacial score (nSPS) is 20.4. The zero-order chi connectivity index (χ0) is 20.1. The summed E-state index contributed by atoms with van der Waals surface area (Å²) < 4.78 is 51.5. The molecule has 7 heteroatoms. The molecule has 1 heterocycles. The van der Waals surface area contributed by atoms with Crippen LogP contribution in [0, 0.1) is 6.92 Å². The van der Waals surface area contributed by atoms with Gasteiger partial charge in [0.1, 0.15) is 17.6 Å². The summed E-state index contributed by atoms with van der Waals surface area (Å²) in [6.07, 6.45) is -4.05. The molecule has 2 atom stereocenters. The molecule has 28 heavy (non-hydrogen) atoms. The van der Waals surface area contributed by atoms with Crippen molar-refractivity contribution >= 4 is 5.97 Å². The number of alkyl halides is 3. The molecule has 4 rings (SSSR count). The van der Waals surface area contributed by atoms with E-state index in [2.05, 4.69) is 0 Å². The highest BCUT2D eigenvalue weighted by molar-refractivity contribution is 5.69. The van der Waals surface area contributed by atoms with Gasteiger partial charge in [0.2, 0.25) is 0 Å². The van der Waals surface area contributed by atoms with Gasteiger partial charge >= 0.3 is 12.1 Å². The first kappa shape index (κ1) is 18.7. The van der Waals surface area contributed by atoms with Crippen molar-refractivity contribution in [1.82, 2.24) is 0 Å². The Morgan fingerprint density at radius 2 is 2.04 bits per heavy atom. The number of ether oxygens (including phenoxy) is 2. The van der Waals surface area contributed by atoms with Gasteiger partial charge in [-0.15, -0.1) is 0 Å². The van der Waals surface area contributed by atoms with Gasteiger partial charge in [-0.3, -0.25) is 4.79 Å². The molecule has 4 nitrogen and oxygen atoms in total. The highest BCUT2D eigenvalue weighted by Crippen LogP contribution is 2.45. The Balaban J connectivity index is 1.61. The van der Waals surface area contributed by atoms with Gasteiger partial charge in [0.25, 0.3) is 0 Å². The predicted octanol–water partition coefficient (Wildman–Crippen LogP) is 5.03. The third-order valence-electron chi connectivity index (χ3n) is 5.47. The van der Waals surface area contributed by atoms with Crippen molar-refractivity contribution in [3.63, 3.8) is 0 Å². The Morgan fingerprint density at radius 1 is 1.25 bits per heavy atom. The van der Waals surface area contributed by atoms with E-state index < -0.39 is 23.8 Å². The van der Waals surface area contributed by atoms with E-state index >= 15 is 0 Å². The summed E-state index contributed by atoms with van der Waals surface area (Å²) >= 11 is 0. The van der Waals surface area contributed by atoms with Gasteiger partial charge in [0.05, 0.1) is 18.6 Å². The maximum atomic E-state index is 13.2. The number of fused-ring (bicyclic) bond motifs is 2. The molecule has 0 amide bonds. The predicted molar refractivity (Wildman–Crippen MR) is 94.8 cm³/mol. The van der Waals surface area contributed by atoms with Crippen LogP contribution in [0.3, 0.4) is 0 Å². The summed E-state index contributed by atoms with van der Waals surface area (Å²) in [6, 6.07) is 7.75. The summed E-state index contributed by atoms with van der Waals surface area (Å²) in [4.78, 5) is 11.0. The molecule has 1 N–H and O–H groups in total. The van der Waals surface area contributed by atoms with Gasteiger partial charge < -0.3 is 14.6 Å². The summed E-state index contributed by atoms with van der Waals surface area (Å²) in [7, 11) is 0. The fraction of sp³-hybridized carbons (Fsp3) is 0.381. The lowest BCUT2D eigenvalue weighted by molar-refractivity contribution is -0.138. The van der Waals surface area contributed by atoms with Gasteiger partial charge in [-0.05, 0) is 43.0 Å². The van der Waals surface area contributed by atoms with Crippen molar-refractivity contribution in [2.45, 2.75) is 44.4 Å². The number of carboxylic acid groups (broad SMARTS) is 1. The molecule has 2 aromatic carbocycles. The summed E-state index contributed by atoms with van der Waals surface area (Å²) in [5.74, 6) is 0.0697. The van der Waals surface area contributed by atoms with E-state index in [-0.39, 0.29) is 12.3 Å². The van der Waals surface area contributed by atoms with Crippen LogP contribution in [0.5, 0.6) is 11.5 Å². The van der Waals surface area contributed by atoms with Crippen LogP contribution in [0.2, 0.25) is 0 Å². The quantitative estimate of drug-likeness (QED) is 0.793. The first-order chi connectivity index (χ1) is 13.3. The number of hydrogen-bond donors (Lipinski definition) is 1. The molecule has 2 aromatic rings. The van der Waals surface area contributed by atoms with Crippen molar-refractivity contribution in [2.75, 3.05) is 6.61 Å². The summed E-state index contributed by atoms with van der Waals surface area (Å²) in [5.41, 5.74) is 1.85. The highest BCUT2D eigenvalue weighted by Gasteiger charge is 2.38. The van der Waals surface area contributed by atoms with Gasteiger partial charge in [0.15, 0.2) is 0 Å². The van der Waals surface area contributed by atoms with Gasteiger partial charge in [-0.25, -0.2) is 0 Å². The fourth-order valence-corrected chi connectivity index (χ4v) is 4.15. The molecular weight excluding hydrogens is 373 g/mol. The van der Waals surface area contributed by atoms with E-state index in [0.717, 1.165) is 17.2 Å². The highest BCUT2D eigenvalue weighted by atomic mass is 19.4. The lowest BCUT2D eigenvalue weighted by atomic mass is 9.96. The Kier molecular flexibility index (Phi) is 4.48. The van der Waals surface area contributed by atoms with Crippen LogP contribution in [0.1, 0.15) is 52.7 Å². The smallest absolute Gasteiger partial charge is 0.416 e. The molecule has 0 spiro atoms. The largest absolute Gasteiger partial charge is 0.492 e. The molecule has 0 fully saturated rings. The Morgan fingerprint density at radius 3 is 2.75 bits per heavy atom. The maximum absolute atomic E-state index is 13.2. The molecule has 1 aliphatic heterocycles. The molecule has 0 saturated heterocycles. The minimum atomic E-state index is -4.38. The van der Waals surface area contributed by atoms with Crippen LogP contribution < -0.4 is 9.47 Å². The van der Waals surface area contributed by atoms with Crippen LogP contribution in [0.25, 0.3) is 0 Å². The number of carboxylic acids is 1. The maximum Gasteiger partial charge on any atom is 0.416 e. The SMILES string of the molecule is Cc1c(OC2CCc3c2cccc3C(F)(F)F)ccc2c1OCC2CC(=O)O. The Hall–Kier alpha value is -2.70. The molecular formula is C21H19F3O4.